The molecular weight excluding hydrogens is 160 g/mol. The van der Waals surface area contributed by atoms with E-state index in [-0.39, 0.29) is 12.0 Å². The van der Waals surface area contributed by atoms with Crippen LogP contribution >= 0.6 is 0 Å². The summed E-state index contributed by atoms with van der Waals surface area (Å²) in [4.78, 5) is 20.9. The van der Waals surface area contributed by atoms with Crippen LogP contribution in [0.1, 0.15) is 19.3 Å². The van der Waals surface area contributed by atoms with Crippen LogP contribution < -0.4 is 11.1 Å². The van der Waals surface area contributed by atoms with Gasteiger partial charge < -0.3 is 16.2 Å². The van der Waals surface area contributed by atoms with Crippen LogP contribution in [-0.2, 0) is 4.79 Å². The highest BCUT2D eigenvalue weighted by atomic mass is 16.4. The summed E-state index contributed by atoms with van der Waals surface area (Å²) in [5.74, 6) is -1.11. The molecule has 0 saturated heterocycles. The molecule has 1 aliphatic rings. The maximum Gasteiger partial charge on any atom is 0.312 e. The van der Waals surface area contributed by atoms with Gasteiger partial charge >= 0.3 is 12.0 Å². The van der Waals surface area contributed by atoms with E-state index in [0.29, 0.717) is 19.3 Å². The largest absolute Gasteiger partial charge is 0.481 e. The van der Waals surface area contributed by atoms with Gasteiger partial charge in [0.15, 0.2) is 0 Å². The molecule has 4 N–H and O–H groups in total. The molecule has 5 heteroatoms. The highest BCUT2D eigenvalue weighted by Gasteiger charge is 2.29. The first-order chi connectivity index (χ1) is 5.59. The minimum Gasteiger partial charge on any atom is -0.481 e. The zero-order valence-electron chi connectivity index (χ0n) is 6.62. The third-order valence-electron chi connectivity index (χ3n) is 2.13. The second kappa shape index (κ2) is 3.42. The van der Waals surface area contributed by atoms with Gasteiger partial charge in [-0.25, -0.2) is 4.79 Å². The van der Waals surface area contributed by atoms with Gasteiger partial charge in [0, 0.05) is 6.04 Å². The Hall–Kier alpha value is -1.26. The number of carboxylic acids is 1. The first-order valence-corrected chi connectivity index (χ1v) is 3.88. The predicted molar refractivity (Wildman–Crippen MR) is 41.5 cm³/mol. The quantitative estimate of drug-likeness (QED) is 0.543. The number of carboxylic acid groups (broad SMARTS) is 1. The number of urea groups is 1. The first-order valence-electron chi connectivity index (χ1n) is 3.88. The molecule has 0 heterocycles. The summed E-state index contributed by atoms with van der Waals surface area (Å²) >= 11 is 0. The van der Waals surface area contributed by atoms with Gasteiger partial charge in [0.1, 0.15) is 0 Å². The number of carbonyl (C=O) groups is 2. The molecule has 2 amide bonds. The second-order valence-corrected chi connectivity index (χ2v) is 3.05. The van der Waals surface area contributed by atoms with Crippen molar-refractivity contribution < 1.29 is 14.7 Å². The van der Waals surface area contributed by atoms with Gasteiger partial charge in [-0.15, -0.1) is 0 Å². The molecule has 0 spiro atoms. The minimum atomic E-state index is -0.788. The molecule has 2 unspecified atom stereocenters. The average Bonchev–Trinajstić information content (AvgIpc) is 2.34. The lowest BCUT2D eigenvalue weighted by atomic mass is 10.1. The molecular formula is C7H12N2O3. The summed E-state index contributed by atoms with van der Waals surface area (Å²) in [6.07, 6.45) is 1.83. The number of amides is 2. The van der Waals surface area contributed by atoms with E-state index in [1.54, 1.807) is 0 Å². The summed E-state index contributed by atoms with van der Waals surface area (Å²) < 4.78 is 0. The SMILES string of the molecule is NC(=O)NC1CCC(C(=O)O)C1. The lowest BCUT2D eigenvalue weighted by molar-refractivity contribution is -0.141. The smallest absolute Gasteiger partial charge is 0.312 e. The Morgan fingerprint density at radius 2 is 2.08 bits per heavy atom. The van der Waals surface area contributed by atoms with Gasteiger partial charge in [0.25, 0.3) is 0 Å². The van der Waals surface area contributed by atoms with Crippen LogP contribution in [0.5, 0.6) is 0 Å². The van der Waals surface area contributed by atoms with Crippen molar-refractivity contribution >= 4 is 12.0 Å². The van der Waals surface area contributed by atoms with Crippen molar-refractivity contribution in [3.05, 3.63) is 0 Å². The van der Waals surface area contributed by atoms with E-state index in [1.165, 1.54) is 0 Å². The van der Waals surface area contributed by atoms with E-state index >= 15 is 0 Å². The third kappa shape index (κ3) is 2.11. The lowest BCUT2D eigenvalue weighted by Gasteiger charge is -2.08. The van der Waals surface area contributed by atoms with Crippen LogP contribution in [0.25, 0.3) is 0 Å². The van der Waals surface area contributed by atoms with Crippen molar-refractivity contribution in [1.29, 1.82) is 0 Å². The van der Waals surface area contributed by atoms with Crippen molar-refractivity contribution in [1.82, 2.24) is 5.32 Å². The van der Waals surface area contributed by atoms with Gasteiger partial charge in [0.2, 0.25) is 0 Å². The van der Waals surface area contributed by atoms with E-state index in [2.05, 4.69) is 5.32 Å². The highest BCUT2D eigenvalue weighted by molar-refractivity contribution is 5.73. The monoisotopic (exact) mass is 172 g/mol. The standard InChI is InChI=1S/C7H12N2O3/c8-7(12)9-5-2-1-4(3-5)6(10)11/h4-5H,1-3H2,(H,10,11)(H3,8,9,12). The Labute approximate surface area is 69.9 Å². The molecule has 0 aromatic heterocycles. The summed E-state index contributed by atoms with van der Waals surface area (Å²) in [5.41, 5.74) is 4.90. The number of primary amides is 1. The van der Waals surface area contributed by atoms with E-state index in [1.807, 2.05) is 0 Å². The highest BCUT2D eigenvalue weighted by Crippen LogP contribution is 2.25. The Morgan fingerprint density at radius 3 is 2.50 bits per heavy atom. The number of rotatable bonds is 2. The summed E-state index contributed by atoms with van der Waals surface area (Å²) in [5, 5.41) is 11.1. The van der Waals surface area contributed by atoms with Crippen molar-refractivity contribution in [2.75, 3.05) is 0 Å². The lowest BCUT2D eigenvalue weighted by Crippen LogP contribution is -2.37. The molecule has 0 aromatic carbocycles. The van der Waals surface area contributed by atoms with Gasteiger partial charge in [-0.2, -0.15) is 0 Å². The fourth-order valence-corrected chi connectivity index (χ4v) is 1.54. The van der Waals surface area contributed by atoms with Gasteiger partial charge in [-0.3, -0.25) is 4.79 Å². The van der Waals surface area contributed by atoms with Gasteiger partial charge in [-0.05, 0) is 19.3 Å². The molecule has 68 valence electrons. The predicted octanol–water partition coefficient (Wildman–Crippen LogP) is -0.0920. The zero-order chi connectivity index (χ0) is 9.14. The Balaban J connectivity index is 2.35. The van der Waals surface area contributed by atoms with Gasteiger partial charge in [-0.1, -0.05) is 0 Å². The van der Waals surface area contributed by atoms with Crippen molar-refractivity contribution in [3.63, 3.8) is 0 Å². The normalized spacial score (nSPS) is 28.3. The van der Waals surface area contributed by atoms with E-state index in [4.69, 9.17) is 10.8 Å². The molecule has 1 aliphatic carbocycles. The molecule has 0 radical (unpaired) electrons. The average molecular weight is 172 g/mol. The van der Waals surface area contributed by atoms with Crippen LogP contribution in [0.3, 0.4) is 0 Å². The van der Waals surface area contributed by atoms with E-state index < -0.39 is 12.0 Å². The molecule has 5 nitrogen and oxygen atoms in total. The molecule has 0 aromatic rings. The summed E-state index contributed by atoms with van der Waals surface area (Å²) in [6.45, 7) is 0. The maximum atomic E-state index is 10.5. The Kier molecular flexibility index (Phi) is 2.52. The zero-order valence-corrected chi connectivity index (χ0v) is 6.62. The van der Waals surface area contributed by atoms with Crippen molar-refractivity contribution in [2.24, 2.45) is 11.7 Å². The minimum absolute atomic E-state index is 0.0522. The molecule has 0 aliphatic heterocycles. The number of carbonyl (C=O) groups excluding carboxylic acids is 1. The van der Waals surface area contributed by atoms with E-state index in [9.17, 15) is 9.59 Å². The molecule has 12 heavy (non-hydrogen) atoms. The van der Waals surface area contributed by atoms with Crippen LogP contribution in [-0.4, -0.2) is 23.1 Å². The molecule has 2 atom stereocenters. The fraction of sp³-hybridized carbons (Fsp3) is 0.714. The molecule has 1 saturated carbocycles. The molecule has 1 fully saturated rings. The molecule has 1 rings (SSSR count). The van der Waals surface area contributed by atoms with Crippen LogP contribution in [0, 0.1) is 5.92 Å². The summed E-state index contributed by atoms with van der Waals surface area (Å²) in [7, 11) is 0. The Morgan fingerprint density at radius 1 is 1.42 bits per heavy atom. The topological polar surface area (TPSA) is 92.4 Å². The molecule has 0 bridgehead atoms. The van der Waals surface area contributed by atoms with E-state index in [0.717, 1.165) is 0 Å². The number of hydrogen-bond donors (Lipinski definition) is 3. The van der Waals surface area contributed by atoms with Crippen LogP contribution in [0.2, 0.25) is 0 Å². The Bertz CT molecular complexity index is 205. The number of hydrogen-bond acceptors (Lipinski definition) is 2. The first kappa shape index (κ1) is 8.83. The third-order valence-corrected chi connectivity index (χ3v) is 2.13. The van der Waals surface area contributed by atoms with Crippen molar-refractivity contribution in [2.45, 2.75) is 25.3 Å². The van der Waals surface area contributed by atoms with Crippen LogP contribution in [0.4, 0.5) is 4.79 Å². The number of nitrogens with two attached hydrogens (primary N) is 1. The summed E-state index contributed by atoms with van der Waals surface area (Å²) in [6, 6.07) is -0.630. The van der Waals surface area contributed by atoms with Gasteiger partial charge in [0.05, 0.1) is 5.92 Å². The number of aliphatic carboxylic acids is 1. The fourth-order valence-electron chi connectivity index (χ4n) is 1.54. The second-order valence-electron chi connectivity index (χ2n) is 3.05. The number of nitrogens with one attached hydrogen (secondary N) is 1. The van der Waals surface area contributed by atoms with Crippen LogP contribution in [0.15, 0.2) is 0 Å². The van der Waals surface area contributed by atoms with Crippen molar-refractivity contribution in [3.8, 4) is 0 Å². The maximum absolute atomic E-state index is 10.5.